The first-order chi connectivity index (χ1) is 11.8. The van der Waals surface area contributed by atoms with Gasteiger partial charge < -0.3 is 5.11 Å². The Morgan fingerprint density at radius 2 is 1.84 bits per heavy atom. The molecule has 0 saturated carbocycles. The van der Waals surface area contributed by atoms with Gasteiger partial charge in [-0.3, -0.25) is 4.79 Å². The molecule has 1 unspecified atom stereocenters. The molecule has 1 aliphatic heterocycles. The molecule has 0 aromatic heterocycles. The summed E-state index contributed by atoms with van der Waals surface area (Å²) in [5.74, 6) is -1.22. The van der Waals surface area contributed by atoms with E-state index in [-0.39, 0.29) is 19.5 Å². The second kappa shape index (κ2) is 7.13. The van der Waals surface area contributed by atoms with Gasteiger partial charge in [0.1, 0.15) is 6.04 Å². The third-order valence-corrected chi connectivity index (χ3v) is 5.83. The van der Waals surface area contributed by atoms with Crippen molar-refractivity contribution in [2.45, 2.75) is 25.6 Å². The highest BCUT2D eigenvalue weighted by Crippen LogP contribution is 2.27. The topological polar surface area (TPSA) is 86.7 Å². The van der Waals surface area contributed by atoms with Gasteiger partial charge in [0.2, 0.25) is 0 Å². The lowest BCUT2D eigenvalue weighted by Crippen LogP contribution is -2.47. The number of nitrogens with one attached hydrogen (secondary N) is 1. The van der Waals surface area contributed by atoms with E-state index in [2.05, 4.69) is 4.72 Å². The van der Waals surface area contributed by atoms with Crippen molar-refractivity contribution in [2.75, 3.05) is 0 Å². The van der Waals surface area contributed by atoms with Crippen LogP contribution in [0.1, 0.15) is 16.7 Å². The van der Waals surface area contributed by atoms with Crippen LogP contribution in [0, 0.1) is 0 Å². The highest BCUT2D eigenvalue weighted by molar-refractivity contribution is 7.87. The van der Waals surface area contributed by atoms with E-state index in [9.17, 15) is 18.3 Å². The van der Waals surface area contributed by atoms with Gasteiger partial charge in [-0.05, 0) is 35.2 Å². The van der Waals surface area contributed by atoms with E-state index in [1.165, 1.54) is 4.31 Å². The molecule has 0 amide bonds. The maximum Gasteiger partial charge on any atom is 0.322 e. The summed E-state index contributed by atoms with van der Waals surface area (Å²) in [6.45, 7) is 0.364. The molecular weight excluding hydrogens is 364 g/mol. The van der Waals surface area contributed by atoms with Crippen LogP contribution in [-0.4, -0.2) is 29.8 Å². The highest BCUT2D eigenvalue weighted by atomic mass is 35.5. The molecule has 8 heteroatoms. The summed E-state index contributed by atoms with van der Waals surface area (Å²) in [6.07, 6.45) is 0.0714. The number of fused-ring (bicyclic) bond motifs is 1. The number of halogens is 1. The molecular formula is C17H17ClN2O4S. The van der Waals surface area contributed by atoms with Crippen LogP contribution in [-0.2, 0) is 34.5 Å². The van der Waals surface area contributed by atoms with Crippen LogP contribution in [0.5, 0.6) is 0 Å². The molecule has 2 aromatic rings. The molecule has 0 spiro atoms. The third kappa shape index (κ3) is 4.19. The van der Waals surface area contributed by atoms with Gasteiger partial charge in [-0.1, -0.05) is 48.0 Å². The molecule has 2 aromatic carbocycles. The van der Waals surface area contributed by atoms with Gasteiger partial charge in [-0.2, -0.15) is 17.4 Å². The van der Waals surface area contributed by atoms with Gasteiger partial charge >= 0.3 is 5.97 Å². The molecule has 0 aliphatic carbocycles. The van der Waals surface area contributed by atoms with Crippen molar-refractivity contribution in [1.29, 1.82) is 0 Å². The minimum absolute atomic E-state index is 0.0714. The smallest absolute Gasteiger partial charge is 0.322 e. The normalized spacial score (nSPS) is 15.7. The molecule has 1 atom stereocenters. The van der Waals surface area contributed by atoms with Gasteiger partial charge in [0.15, 0.2) is 0 Å². The van der Waals surface area contributed by atoms with Crippen molar-refractivity contribution in [3.8, 4) is 0 Å². The molecule has 0 fully saturated rings. The standard InChI is InChI=1S/C17H17ClN2O4S/c18-15-7-6-13-10-20(11-14(13)9-15)25(23,24)19-16(17(21)22)8-12-4-2-1-3-5-12/h1-7,9,16,19H,8,10-11H2,(H,21,22). The van der Waals surface area contributed by atoms with Crippen LogP contribution in [0.2, 0.25) is 5.02 Å². The molecule has 1 aliphatic rings. The van der Waals surface area contributed by atoms with Crippen molar-refractivity contribution < 1.29 is 18.3 Å². The van der Waals surface area contributed by atoms with Gasteiger partial charge in [0, 0.05) is 18.1 Å². The van der Waals surface area contributed by atoms with Crippen LogP contribution in [0.3, 0.4) is 0 Å². The number of aliphatic carboxylic acids is 1. The number of hydrogen-bond donors (Lipinski definition) is 2. The van der Waals surface area contributed by atoms with E-state index >= 15 is 0 Å². The van der Waals surface area contributed by atoms with Crippen LogP contribution < -0.4 is 4.72 Å². The molecule has 0 radical (unpaired) electrons. The van der Waals surface area contributed by atoms with E-state index < -0.39 is 22.2 Å². The average molecular weight is 381 g/mol. The quantitative estimate of drug-likeness (QED) is 0.804. The summed E-state index contributed by atoms with van der Waals surface area (Å²) >= 11 is 5.94. The highest BCUT2D eigenvalue weighted by Gasteiger charge is 2.33. The first kappa shape index (κ1) is 17.9. The number of nitrogens with zero attached hydrogens (tertiary/aromatic N) is 1. The Morgan fingerprint density at radius 3 is 2.52 bits per heavy atom. The summed E-state index contributed by atoms with van der Waals surface area (Å²) in [5.41, 5.74) is 2.44. The number of benzene rings is 2. The van der Waals surface area contributed by atoms with Crippen molar-refractivity contribution in [3.63, 3.8) is 0 Å². The molecule has 6 nitrogen and oxygen atoms in total. The Bertz CT molecular complexity index is 887. The van der Waals surface area contributed by atoms with E-state index in [0.29, 0.717) is 5.02 Å². The van der Waals surface area contributed by atoms with Crippen LogP contribution in [0.4, 0.5) is 0 Å². The number of rotatable bonds is 6. The summed E-state index contributed by atoms with van der Waals surface area (Å²) in [7, 11) is -3.95. The van der Waals surface area contributed by atoms with Crippen LogP contribution in [0.25, 0.3) is 0 Å². The van der Waals surface area contributed by atoms with Gasteiger partial charge in [-0.25, -0.2) is 0 Å². The Morgan fingerprint density at radius 1 is 1.16 bits per heavy atom. The maximum absolute atomic E-state index is 12.6. The molecule has 0 saturated heterocycles. The monoisotopic (exact) mass is 380 g/mol. The lowest BCUT2D eigenvalue weighted by atomic mass is 10.1. The zero-order chi connectivity index (χ0) is 18.0. The number of hydrogen-bond acceptors (Lipinski definition) is 3. The van der Waals surface area contributed by atoms with Crippen molar-refractivity contribution >= 4 is 27.8 Å². The zero-order valence-corrected chi connectivity index (χ0v) is 14.8. The average Bonchev–Trinajstić information content (AvgIpc) is 2.99. The fraction of sp³-hybridized carbons (Fsp3) is 0.235. The minimum Gasteiger partial charge on any atom is -0.480 e. The number of carboxylic acid groups (broad SMARTS) is 1. The second-order valence-electron chi connectivity index (χ2n) is 5.88. The summed E-state index contributed by atoms with van der Waals surface area (Å²) in [5, 5.41) is 9.93. The van der Waals surface area contributed by atoms with Gasteiger partial charge in [0.05, 0.1) is 0 Å². The van der Waals surface area contributed by atoms with Crippen LogP contribution >= 0.6 is 11.6 Å². The predicted molar refractivity (Wildman–Crippen MR) is 94.3 cm³/mol. The lowest BCUT2D eigenvalue weighted by molar-refractivity contribution is -0.138. The fourth-order valence-corrected chi connectivity index (χ4v) is 4.29. The Kier molecular flexibility index (Phi) is 5.10. The first-order valence-electron chi connectivity index (χ1n) is 7.66. The summed E-state index contributed by atoms with van der Waals surface area (Å²) in [6, 6.07) is 12.9. The number of carbonyl (C=O) groups is 1. The molecule has 1 heterocycles. The Balaban J connectivity index is 1.74. The zero-order valence-electron chi connectivity index (χ0n) is 13.2. The maximum atomic E-state index is 12.6. The first-order valence-corrected chi connectivity index (χ1v) is 9.48. The van der Waals surface area contributed by atoms with Crippen LogP contribution in [0.15, 0.2) is 48.5 Å². The molecule has 132 valence electrons. The molecule has 3 rings (SSSR count). The Labute approximate surface area is 151 Å². The van der Waals surface area contributed by atoms with Crippen molar-refractivity contribution in [2.24, 2.45) is 0 Å². The number of carboxylic acids is 1. The Hall–Kier alpha value is -1.93. The summed E-state index contributed by atoms with van der Waals surface area (Å²) in [4.78, 5) is 11.5. The van der Waals surface area contributed by atoms with E-state index in [4.69, 9.17) is 11.6 Å². The fourth-order valence-electron chi connectivity index (χ4n) is 2.79. The van der Waals surface area contributed by atoms with Crippen molar-refractivity contribution in [3.05, 3.63) is 70.2 Å². The molecule has 25 heavy (non-hydrogen) atoms. The van der Waals surface area contributed by atoms with Gasteiger partial charge in [-0.15, -0.1) is 0 Å². The van der Waals surface area contributed by atoms with E-state index in [1.807, 2.05) is 6.07 Å². The predicted octanol–water partition coefficient (Wildman–Crippen LogP) is 2.19. The van der Waals surface area contributed by atoms with E-state index in [0.717, 1.165) is 16.7 Å². The largest absolute Gasteiger partial charge is 0.480 e. The van der Waals surface area contributed by atoms with Crippen molar-refractivity contribution in [1.82, 2.24) is 9.03 Å². The third-order valence-electron chi connectivity index (χ3n) is 4.07. The van der Waals surface area contributed by atoms with E-state index in [1.54, 1.807) is 42.5 Å². The summed E-state index contributed by atoms with van der Waals surface area (Å²) < 4.78 is 28.7. The van der Waals surface area contributed by atoms with Gasteiger partial charge in [0.25, 0.3) is 10.2 Å². The minimum atomic E-state index is -3.95. The lowest BCUT2D eigenvalue weighted by Gasteiger charge is -2.20. The molecule has 0 bridgehead atoms. The molecule has 2 N–H and O–H groups in total. The SMILES string of the molecule is O=C(O)C(Cc1ccccc1)NS(=O)(=O)N1Cc2ccc(Cl)cc2C1. The second-order valence-corrected chi connectivity index (χ2v) is 8.02.